The second-order valence-electron chi connectivity index (χ2n) is 3.23. The van der Waals surface area contributed by atoms with Gasteiger partial charge in [-0.1, -0.05) is 30.3 Å². The van der Waals surface area contributed by atoms with E-state index in [9.17, 15) is 5.11 Å². The Balaban J connectivity index is 2.47. The lowest BCUT2D eigenvalue weighted by molar-refractivity contribution is 0.172. The van der Waals surface area contributed by atoms with Crippen molar-refractivity contribution in [3.8, 4) is 0 Å². The molecule has 62 valence electrons. The molecule has 1 N–H and O–H groups in total. The molecule has 0 saturated carbocycles. The van der Waals surface area contributed by atoms with Gasteiger partial charge < -0.3 is 5.11 Å². The summed E-state index contributed by atoms with van der Waals surface area (Å²) < 4.78 is 0. The van der Waals surface area contributed by atoms with Gasteiger partial charge in [-0.3, -0.25) is 0 Å². The van der Waals surface area contributed by atoms with Crippen LogP contribution in [-0.2, 0) is 6.42 Å². The lowest BCUT2D eigenvalue weighted by atomic mass is 10.0. The third kappa shape index (κ3) is 0.978. The zero-order chi connectivity index (χ0) is 8.55. The Morgan fingerprint density at radius 3 is 2.92 bits per heavy atom. The van der Waals surface area contributed by atoms with Crippen molar-refractivity contribution in [1.82, 2.24) is 0 Å². The Bertz CT molecular complexity index is 304. The van der Waals surface area contributed by atoms with Crippen LogP contribution in [0.3, 0.4) is 0 Å². The molecule has 0 fully saturated rings. The van der Waals surface area contributed by atoms with Gasteiger partial charge in [-0.15, -0.1) is 6.58 Å². The second-order valence-corrected chi connectivity index (χ2v) is 3.23. The average molecular weight is 160 g/mol. The minimum absolute atomic E-state index is 0.140. The van der Waals surface area contributed by atoms with Crippen molar-refractivity contribution in [2.45, 2.75) is 18.4 Å². The van der Waals surface area contributed by atoms with Crippen LogP contribution < -0.4 is 0 Å². The molecule has 0 bridgehead atoms. The van der Waals surface area contributed by atoms with Crippen molar-refractivity contribution >= 4 is 0 Å². The summed E-state index contributed by atoms with van der Waals surface area (Å²) >= 11 is 0. The summed E-state index contributed by atoms with van der Waals surface area (Å²) in [6.45, 7) is 3.73. The molecule has 1 aromatic rings. The number of rotatable bonds is 1. The molecular weight excluding hydrogens is 148 g/mol. The standard InChI is InChI=1S/C11H12O/c1-2-9-10-6-4-3-5-8(10)7-11(9)12/h2-6,9,11-12H,1,7H2/t9-,11+/m1/s1. The maximum absolute atomic E-state index is 9.64. The van der Waals surface area contributed by atoms with Crippen molar-refractivity contribution in [2.75, 3.05) is 0 Å². The molecule has 1 aliphatic carbocycles. The summed E-state index contributed by atoms with van der Waals surface area (Å²) in [6, 6.07) is 8.16. The first-order valence-electron chi connectivity index (χ1n) is 4.21. The van der Waals surface area contributed by atoms with Gasteiger partial charge in [-0.05, 0) is 17.5 Å². The van der Waals surface area contributed by atoms with E-state index in [1.165, 1.54) is 11.1 Å². The third-order valence-electron chi connectivity index (χ3n) is 2.51. The van der Waals surface area contributed by atoms with Crippen LogP contribution in [0.4, 0.5) is 0 Å². The van der Waals surface area contributed by atoms with Crippen LogP contribution >= 0.6 is 0 Å². The Morgan fingerprint density at radius 1 is 1.42 bits per heavy atom. The fourth-order valence-electron chi connectivity index (χ4n) is 1.89. The number of aliphatic hydroxyl groups is 1. The van der Waals surface area contributed by atoms with E-state index in [1.807, 2.05) is 18.2 Å². The smallest absolute Gasteiger partial charge is 0.0683 e. The number of fused-ring (bicyclic) bond motifs is 1. The van der Waals surface area contributed by atoms with Crippen LogP contribution in [0.1, 0.15) is 17.0 Å². The molecule has 0 saturated heterocycles. The van der Waals surface area contributed by atoms with Gasteiger partial charge in [0, 0.05) is 5.92 Å². The van der Waals surface area contributed by atoms with E-state index in [0.717, 1.165) is 6.42 Å². The van der Waals surface area contributed by atoms with Crippen LogP contribution in [0.25, 0.3) is 0 Å². The van der Waals surface area contributed by atoms with Crippen molar-refractivity contribution in [3.63, 3.8) is 0 Å². The fraction of sp³-hybridized carbons (Fsp3) is 0.273. The summed E-state index contributed by atoms with van der Waals surface area (Å²) in [5.74, 6) is 0.140. The Labute approximate surface area is 72.4 Å². The average Bonchev–Trinajstić information content (AvgIpc) is 2.40. The van der Waals surface area contributed by atoms with Crippen LogP contribution in [0.5, 0.6) is 0 Å². The van der Waals surface area contributed by atoms with Gasteiger partial charge in [0.05, 0.1) is 6.10 Å². The van der Waals surface area contributed by atoms with E-state index in [1.54, 1.807) is 0 Å². The molecule has 2 rings (SSSR count). The van der Waals surface area contributed by atoms with Gasteiger partial charge in [0.15, 0.2) is 0 Å². The summed E-state index contributed by atoms with van der Waals surface area (Å²) in [6.07, 6.45) is 2.34. The predicted octanol–water partition coefficient (Wildman–Crippen LogP) is 1.87. The van der Waals surface area contributed by atoms with Crippen molar-refractivity contribution in [1.29, 1.82) is 0 Å². The molecule has 0 amide bonds. The molecule has 0 spiro atoms. The minimum atomic E-state index is -0.264. The largest absolute Gasteiger partial charge is 0.392 e. The van der Waals surface area contributed by atoms with Crippen LogP contribution in [-0.4, -0.2) is 11.2 Å². The van der Waals surface area contributed by atoms with Gasteiger partial charge in [0.2, 0.25) is 0 Å². The lowest BCUT2D eigenvalue weighted by Gasteiger charge is -2.09. The van der Waals surface area contributed by atoms with Gasteiger partial charge in [-0.25, -0.2) is 0 Å². The monoisotopic (exact) mass is 160 g/mol. The maximum Gasteiger partial charge on any atom is 0.0683 e. The van der Waals surface area contributed by atoms with E-state index >= 15 is 0 Å². The second kappa shape index (κ2) is 2.76. The number of hydrogen-bond acceptors (Lipinski definition) is 1. The van der Waals surface area contributed by atoms with E-state index in [4.69, 9.17) is 0 Å². The molecule has 1 aromatic carbocycles. The molecular formula is C11H12O. The van der Waals surface area contributed by atoms with Crippen LogP contribution in [0, 0.1) is 0 Å². The summed E-state index contributed by atoms with van der Waals surface area (Å²) in [5, 5.41) is 9.64. The zero-order valence-electron chi connectivity index (χ0n) is 6.90. The molecule has 0 aromatic heterocycles. The number of hydrogen-bond donors (Lipinski definition) is 1. The number of benzene rings is 1. The first-order chi connectivity index (χ1) is 5.83. The highest BCUT2D eigenvalue weighted by atomic mass is 16.3. The Morgan fingerprint density at radius 2 is 2.17 bits per heavy atom. The highest BCUT2D eigenvalue weighted by Gasteiger charge is 2.27. The normalized spacial score (nSPS) is 26.8. The Kier molecular flexibility index (Phi) is 1.74. The quantitative estimate of drug-likeness (QED) is 0.622. The molecule has 0 aliphatic heterocycles. The van der Waals surface area contributed by atoms with E-state index < -0.39 is 0 Å². The van der Waals surface area contributed by atoms with Gasteiger partial charge in [-0.2, -0.15) is 0 Å². The molecule has 2 atom stereocenters. The van der Waals surface area contributed by atoms with Crippen molar-refractivity contribution in [2.24, 2.45) is 0 Å². The van der Waals surface area contributed by atoms with E-state index in [-0.39, 0.29) is 12.0 Å². The minimum Gasteiger partial charge on any atom is -0.392 e. The van der Waals surface area contributed by atoms with E-state index in [0.29, 0.717) is 0 Å². The predicted molar refractivity (Wildman–Crippen MR) is 49.1 cm³/mol. The molecule has 1 nitrogen and oxygen atoms in total. The van der Waals surface area contributed by atoms with Gasteiger partial charge >= 0.3 is 0 Å². The van der Waals surface area contributed by atoms with Crippen LogP contribution in [0.15, 0.2) is 36.9 Å². The fourth-order valence-corrected chi connectivity index (χ4v) is 1.89. The molecule has 1 heteroatoms. The Hall–Kier alpha value is -1.08. The number of aliphatic hydroxyl groups excluding tert-OH is 1. The van der Waals surface area contributed by atoms with Crippen LogP contribution in [0.2, 0.25) is 0 Å². The molecule has 12 heavy (non-hydrogen) atoms. The summed E-state index contributed by atoms with van der Waals surface area (Å²) in [7, 11) is 0. The molecule has 0 radical (unpaired) electrons. The van der Waals surface area contributed by atoms with Gasteiger partial charge in [0.25, 0.3) is 0 Å². The van der Waals surface area contributed by atoms with Crippen molar-refractivity contribution in [3.05, 3.63) is 48.0 Å². The molecule has 1 aliphatic rings. The maximum atomic E-state index is 9.64. The zero-order valence-corrected chi connectivity index (χ0v) is 6.90. The third-order valence-corrected chi connectivity index (χ3v) is 2.51. The topological polar surface area (TPSA) is 20.2 Å². The summed E-state index contributed by atoms with van der Waals surface area (Å²) in [5.41, 5.74) is 2.50. The highest BCUT2D eigenvalue weighted by molar-refractivity contribution is 5.39. The van der Waals surface area contributed by atoms with Gasteiger partial charge in [0.1, 0.15) is 0 Å². The highest BCUT2D eigenvalue weighted by Crippen LogP contribution is 2.33. The molecule has 0 heterocycles. The van der Waals surface area contributed by atoms with Crippen molar-refractivity contribution < 1.29 is 5.11 Å². The first kappa shape index (κ1) is 7.56. The summed E-state index contributed by atoms with van der Waals surface area (Å²) in [4.78, 5) is 0. The lowest BCUT2D eigenvalue weighted by Crippen LogP contribution is -2.10. The SMILES string of the molecule is C=C[C@@H]1c2ccccc2C[C@@H]1O. The molecule has 0 unspecified atom stereocenters. The first-order valence-corrected chi connectivity index (χ1v) is 4.21. The van der Waals surface area contributed by atoms with E-state index in [2.05, 4.69) is 18.7 Å².